The van der Waals surface area contributed by atoms with Crippen molar-refractivity contribution < 1.29 is 44.6 Å². The van der Waals surface area contributed by atoms with Gasteiger partial charge in [-0.1, -0.05) is 24.9 Å². The van der Waals surface area contributed by atoms with E-state index in [0.717, 1.165) is 42.6 Å². The summed E-state index contributed by atoms with van der Waals surface area (Å²) in [6.45, 7) is 3.19. The molecule has 3 atom stereocenters. The predicted octanol–water partition coefficient (Wildman–Crippen LogP) is 8.17. The third kappa shape index (κ3) is 7.20. The van der Waals surface area contributed by atoms with Crippen LogP contribution in [0.25, 0.3) is 0 Å². The average molecular weight is 665 g/mol. The second kappa shape index (κ2) is 12.6. The molecular weight excluding hydrogens is 631 g/mol. The van der Waals surface area contributed by atoms with Gasteiger partial charge in [-0.3, -0.25) is 0 Å². The number of fused-ring (bicyclic) bond motifs is 1. The smallest absolute Gasteiger partial charge is 0.370 e. The highest BCUT2D eigenvalue weighted by atomic mass is 19.4. The molecule has 1 aromatic heterocycles. The SMILES string of the molecule is CCC1C[C@H](N(Cc2cc(C(F)(F)F)cc(C(F)(F)F)c2)c2nnn([C@@H](C)O)n2)c2cc(C(F)(F)F)ccc2N1CC1CCCC1. The zero-order chi connectivity index (χ0) is 33.6. The number of tetrazole rings is 1. The molecule has 3 aromatic rings. The maximum Gasteiger partial charge on any atom is 0.416 e. The summed E-state index contributed by atoms with van der Waals surface area (Å²) in [5.41, 5.74) is -3.74. The summed E-state index contributed by atoms with van der Waals surface area (Å²) in [4.78, 5) is 4.14. The van der Waals surface area contributed by atoms with Gasteiger partial charge in [0.25, 0.3) is 5.95 Å². The lowest BCUT2D eigenvalue weighted by molar-refractivity contribution is -0.143. The lowest BCUT2D eigenvalue weighted by Crippen LogP contribution is -2.46. The van der Waals surface area contributed by atoms with Gasteiger partial charge < -0.3 is 14.9 Å². The van der Waals surface area contributed by atoms with E-state index < -0.39 is 59.6 Å². The van der Waals surface area contributed by atoms with Gasteiger partial charge in [0, 0.05) is 24.8 Å². The molecular formula is C30H33F9N6O. The predicted molar refractivity (Wildman–Crippen MR) is 150 cm³/mol. The Balaban J connectivity index is 1.68. The van der Waals surface area contributed by atoms with Crippen LogP contribution in [-0.2, 0) is 25.1 Å². The highest BCUT2D eigenvalue weighted by Crippen LogP contribution is 2.46. The molecule has 0 spiro atoms. The van der Waals surface area contributed by atoms with Crippen LogP contribution in [0.1, 0.15) is 92.5 Å². The minimum absolute atomic E-state index is 0.00927. The third-order valence-corrected chi connectivity index (χ3v) is 8.75. The van der Waals surface area contributed by atoms with Crippen LogP contribution >= 0.6 is 0 Å². The molecule has 2 heterocycles. The fourth-order valence-corrected chi connectivity index (χ4v) is 6.49. The molecule has 1 aliphatic carbocycles. The van der Waals surface area contributed by atoms with Crippen molar-refractivity contribution >= 4 is 11.6 Å². The van der Waals surface area contributed by atoms with Gasteiger partial charge >= 0.3 is 18.5 Å². The highest BCUT2D eigenvalue weighted by Gasteiger charge is 2.41. The van der Waals surface area contributed by atoms with Crippen molar-refractivity contribution in [2.24, 2.45) is 5.92 Å². The van der Waals surface area contributed by atoms with Crippen LogP contribution in [0.2, 0.25) is 0 Å². The first-order valence-corrected chi connectivity index (χ1v) is 15.0. The first-order chi connectivity index (χ1) is 21.5. The number of rotatable bonds is 8. The van der Waals surface area contributed by atoms with E-state index >= 15 is 0 Å². The summed E-state index contributed by atoms with van der Waals surface area (Å²) in [7, 11) is 0. The monoisotopic (exact) mass is 664 g/mol. The molecule has 252 valence electrons. The molecule has 1 fully saturated rings. The molecule has 2 aromatic carbocycles. The number of benzene rings is 2. The Morgan fingerprint density at radius 1 is 0.891 bits per heavy atom. The van der Waals surface area contributed by atoms with Gasteiger partial charge in [-0.15, -0.1) is 9.90 Å². The fraction of sp³-hybridized carbons (Fsp3) is 0.567. The first-order valence-electron chi connectivity index (χ1n) is 15.0. The van der Waals surface area contributed by atoms with Crippen LogP contribution in [0, 0.1) is 5.92 Å². The van der Waals surface area contributed by atoms with Crippen molar-refractivity contribution in [3.8, 4) is 0 Å². The molecule has 0 saturated heterocycles. The molecule has 46 heavy (non-hydrogen) atoms. The zero-order valence-electron chi connectivity index (χ0n) is 25.0. The first kappa shape index (κ1) is 33.8. The van der Waals surface area contributed by atoms with E-state index in [0.29, 0.717) is 36.7 Å². The Morgan fingerprint density at radius 2 is 1.50 bits per heavy atom. The molecule has 2 aliphatic rings. The minimum atomic E-state index is -5.11. The summed E-state index contributed by atoms with van der Waals surface area (Å²) in [5, 5.41) is 21.8. The van der Waals surface area contributed by atoms with Gasteiger partial charge in [-0.2, -0.15) is 39.5 Å². The molecule has 1 unspecified atom stereocenters. The van der Waals surface area contributed by atoms with E-state index in [-0.39, 0.29) is 30.0 Å². The summed E-state index contributed by atoms with van der Waals surface area (Å²) in [6.07, 6.45) is -11.5. The lowest BCUT2D eigenvalue weighted by atomic mass is 9.86. The third-order valence-electron chi connectivity index (χ3n) is 8.75. The summed E-state index contributed by atoms with van der Waals surface area (Å²) in [5.74, 6) is 0.0506. The molecule has 1 N–H and O–H groups in total. The Bertz CT molecular complexity index is 1480. The Morgan fingerprint density at radius 3 is 2.02 bits per heavy atom. The van der Waals surface area contributed by atoms with Crippen LogP contribution in [-0.4, -0.2) is 37.9 Å². The number of alkyl halides is 9. The van der Waals surface area contributed by atoms with E-state index in [4.69, 9.17) is 0 Å². The summed E-state index contributed by atoms with van der Waals surface area (Å²) in [6, 6.07) is 3.26. The number of hydrogen-bond donors (Lipinski definition) is 1. The number of aromatic nitrogens is 4. The molecule has 0 radical (unpaired) electrons. The summed E-state index contributed by atoms with van der Waals surface area (Å²) < 4.78 is 125. The maximum absolute atomic E-state index is 14.0. The van der Waals surface area contributed by atoms with Gasteiger partial charge in [0.05, 0.1) is 22.7 Å². The topological polar surface area (TPSA) is 70.3 Å². The van der Waals surface area contributed by atoms with Crippen molar-refractivity contribution in [2.75, 3.05) is 16.3 Å². The minimum Gasteiger partial charge on any atom is -0.370 e. The summed E-state index contributed by atoms with van der Waals surface area (Å²) >= 11 is 0. The van der Waals surface area contributed by atoms with Gasteiger partial charge in [0.1, 0.15) is 0 Å². The Hall–Kier alpha value is -3.56. The van der Waals surface area contributed by atoms with E-state index in [2.05, 4.69) is 20.3 Å². The quantitative estimate of drug-likeness (QED) is 0.245. The van der Waals surface area contributed by atoms with Gasteiger partial charge in [-0.05, 0) is 91.3 Å². The molecule has 5 rings (SSSR count). The van der Waals surface area contributed by atoms with Crippen LogP contribution < -0.4 is 9.80 Å². The van der Waals surface area contributed by atoms with E-state index in [9.17, 15) is 44.6 Å². The molecule has 0 amide bonds. The van der Waals surface area contributed by atoms with E-state index in [1.165, 1.54) is 17.9 Å². The number of aliphatic hydroxyl groups is 1. The molecule has 1 aliphatic heterocycles. The van der Waals surface area contributed by atoms with Crippen molar-refractivity contribution in [3.05, 3.63) is 64.2 Å². The van der Waals surface area contributed by atoms with E-state index in [1.807, 2.05) is 6.92 Å². The average Bonchev–Trinajstić information content (AvgIpc) is 3.67. The van der Waals surface area contributed by atoms with Gasteiger partial charge in [0.15, 0.2) is 6.23 Å². The fourth-order valence-electron chi connectivity index (χ4n) is 6.49. The normalized spacial score (nSPS) is 20.2. The van der Waals surface area contributed by atoms with Crippen LogP contribution in [0.3, 0.4) is 0 Å². The second-order valence-electron chi connectivity index (χ2n) is 12.0. The van der Waals surface area contributed by atoms with Crippen molar-refractivity contribution in [2.45, 2.75) is 95.8 Å². The zero-order valence-corrected chi connectivity index (χ0v) is 25.0. The van der Waals surface area contributed by atoms with Crippen molar-refractivity contribution in [1.82, 2.24) is 20.2 Å². The number of anilines is 2. The number of nitrogens with zero attached hydrogens (tertiary/aromatic N) is 6. The maximum atomic E-state index is 14.0. The Kier molecular flexibility index (Phi) is 9.23. The number of halogens is 9. The highest BCUT2D eigenvalue weighted by molar-refractivity contribution is 5.62. The van der Waals surface area contributed by atoms with Crippen molar-refractivity contribution in [3.63, 3.8) is 0 Å². The number of hydrogen-bond acceptors (Lipinski definition) is 6. The standard InChI is InChI=1S/C30H33F9N6O/c1-3-23-14-26(24-13-20(28(31,32)33)8-9-25(24)43(23)15-18-6-4-5-7-18)44(27-40-42-45(41-27)17(2)46)16-19-10-21(29(34,35)36)12-22(11-19)30(37,38)39/h8-13,17-18,23,26,46H,3-7,14-16H2,1-2H3/t17-,23?,26+/m1/s1. The van der Waals surface area contributed by atoms with Gasteiger partial charge in [0.2, 0.25) is 0 Å². The van der Waals surface area contributed by atoms with Crippen molar-refractivity contribution in [1.29, 1.82) is 0 Å². The molecule has 7 nitrogen and oxygen atoms in total. The van der Waals surface area contributed by atoms with Crippen LogP contribution in [0.4, 0.5) is 51.1 Å². The molecule has 1 saturated carbocycles. The van der Waals surface area contributed by atoms with Crippen LogP contribution in [0.15, 0.2) is 36.4 Å². The molecule has 0 bridgehead atoms. The number of aliphatic hydroxyl groups excluding tert-OH is 1. The van der Waals surface area contributed by atoms with Crippen LogP contribution in [0.5, 0.6) is 0 Å². The molecule has 16 heteroatoms. The largest absolute Gasteiger partial charge is 0.416 e. The van der Waals surface area contributed by atoms with Gasteiger partial charge in [-0.25, -0.2) is 0 Å². The van der Waals surface area contributed by atoms with E-state index in [1.54, 1.807) is 0 Å². The Labute approximate surface area is 259 Å². The lowest BCUT2D eigenvalue weighted by Gasteiger charge is -2.46. The second-order valence-corrected chi connectivity index (χ2v) is 12.0.